The lowest BCUT2D eigenvalue weighted by molar-refractivity contribution is -0.305. The Hall–Kier alpha value is -2.05. The molecule has 0 spiro atoms. The molecule has 22 heavy (non-hydrogen) atoms. The van der Waals surface area contributed by atoms with E-state index in [2.05, 4.69) is 9.47 Å². The molecule has 7 heteroatoms. The minimum absolute atomic E-state index is 0.0159. The maximum absolute atomic E-state index is 12.4. The maximum Gasteiger partial charge on any atom is 0.573 e. The molecule has 0 amide bonds. The van der Waals surface area contributed by atoms with Gasteiger partial charge in [-0.15, -0.1) is 13.2 Å². The molecule has 4 nitrogen and oxygen atoms in total. The summed E-state index contributed by atoms with van der Waals surface area (Å²) in [6.07, 6.45) is -2.58. The van der Waals surface area contributed by atoms with Gasteiger partial charge in [0.05, 0.1) is 7.11 Å². The van der Waals surface area contributed by atoms with Crippen molar-refractivity contribution in [3.8, 4) is 0 Å². The Morgan fingerprint density at radius 1 is 1.18 bits per heavy atom. The van der Waals surface area contributed by atoms with E-state index in [-0.39, 0.29) is 17.6 Å². The van der Waals surface area contributed by atoms with E-state index in [1.807, 2.05) is 13.8 Å². The highest BCUT2D eigenvalue weighted by atomic mass is 19.4. The average Bonchev–Trinajstić information content (AvgIpc) is 2.43. The van der Waals surface area contributed by atoms with E-state index < -0.39 is 29.4 Å². The van der Waals surface area contributed by atoms with Crippen LogP contribution in [0.25, 0.3) is 0 Å². The van der Waals surface area contributed by atoms with Gasteiger partial charge in [-0.25, -0.2) is 0 Å². The second-order valence-corrected chi connectivity index (χ2v) is 4.78. The molecule has 1 aliphatic rings. The minimum atomic E-state index is -5.08. The second kappa shape index (κ2) is 6.81. The van der Waals surface area contributed by atoms with Crippen molar-refractivity contribution in [2.45, 2.75) is 40.0 Å². The largest absolute Gasteiger partial charge is 0.573 e. The first-order valence-electron chi connectivity index (χ1n) is 6.61. The number of hydrogen-bond donors (Lipinski definition) is 0. The van der Waals surface area contributed by atoms with Gasteiger partial charge in [0, 0.05) is 11.1 Å². The standard InChI is InChI=1S/C15H17F3O4/c1-5-8(2)6-7-10-9(3)11(19)13(21-4)14(12(10)20)22-15(16,17)18/h6H,5,7H2,1-4H3/b8-6+. The van der Waals surface area contributed by atoms with Crippen LogP contribution in [-0.2, 0) is 19.1 Å². The van der Waals surface area contributed by atoms with Crippen molar-refractivity contribution in [2.75, 3.05) is 7.11 Å². The van der Waals surface area contributed by atoms with Crippen molar-refractivity contribution in [1.82, 2.24) is 0 Å². The van der Waals surface area contributed by atoms with E-state index in [4.69, 9.17) is 0 Å². The number of hydrogen-bond acceptors (Lipinski definition) is 4. The molecule has 0 saturated carbocycles. The van der Waals surface area contributed by atoms with Crippen molar-refractivity contribution in [1.29, 1.82) is 0 Å². The molecule has 1 rings (SSSR count). The van der Waals surface area contributed by atoms with Crippen molar-refractivity contribution in [3.63, 3.8) is 0 Å². The lowest BCUT2D eigenvalue weighted by Crippen LogP contribution is -2.28. The number of rotatable bonds is 5. The number of ether oxygens (including phenoxy) is 2. The molecule has 0 aromatic heterocycles. The predicted molar refractivity (Wildman–Crippen MR) is 72.6 cm³/mol. The highest BCUT2D eigenvalue weighted by molar-refractivity contribution is 6.23. The number of alkyl halides is 3. The van der Waals surface area contributed by atoms with Crippen molar-refractivity contribution in [3.05, 3.63) is 34.3 Å². The van der Waals surface area contributed by atoms with E-state index in [0.29, 0.717) is 0 Å². The van der Waals surface area contributed by atoms with Gasteiger partial charge in [0.1, 0.15) is 0 Å². The predicted octanol–water partition coefficient (Wildman–Crippen LogP) is 3.60. The van der Waals surface area contributed by atoms with Crippen LogP contribution in [0.1, 0.15) is 33.6 Å². The Bertz CT molecular complexity index is 580. The van der Waals surface area contributed by atoms with Crippen LogP contribution in [0.5, 0.6) is 0 Å². The summed E-state index contributed by atoms with van der Waals surface area (Å²) in [5.41, 5.74) is 1.01. The second-order valence-electron chi connectivity index (χ2n) is 4.78. The minimum Gasteiger partial charge on any atom is -0.489 e. The summed E-state index contributed by atoms with van der Waals surface area (Å²) in [5.74, 6) is -3.59. The highest BCUT2D eigenvalue weighted by Crippen LogP contribution is 2.32. The maximum atomic E-state index is 12.4. The number of methoxy groups -OCH3 is 1. The first-order chi connectivity index (χ1) is 10.1. The summed E-state index contributed by atoms with van der Waals surface area (Å²) in [6, 6.07) is 0. The summed E-state index contributed by atoms with van der Waals surface area (Å²) >= 11 is 0. The van der Waals surface area contributed by atoms with Gasteiger partial charge in [-0.2, -0.15) is 0 Å². The Morgan fingerprint density at radius 3 is 2.23 bits per heavy atom. The Labute approximate surface area is 126 Å². The van der Waals surface area contributed by atoms with E-state index >= 15 is 0 Å². The summed E-state index contributed by atoms with van der Waals surface area (Å²) in [6.45, 7) is 5.12. The molecular formula is C15H17F3O4. The quantitative estimate of drug-likeness (QED) is 0.574. The van der Waals surface area contributed by atoms with Crippen molar-refractivity contribution < 1.29 is 32.2 Å². The smallest absolute Gasteiger partial charge is 0.489 e. The molecule has 0 fully saturated rings. The summed E-state index contributed by atoms with van der Waals surface area (Å²) < 4.78 is 45.7. The fraction of sp³-hybridized carbons (Fsp3) is 0.467. The Morgan fingerprint density at radius 2 is 1.77 bits per heavy atom. The molecule has 0 bridgehead atoms. The lowest BCUT2D eigenvalue weighted by Gasteiger charge is -2.21. The molecule has 0 unspecified atom stereocenters. The number of allylic oxidation sites excluding steroid dienone is 4. The molecule has 0 heterocycles. The number of halogens is 3. The first-order valence-corrected chi connectivity index (χ1v) is 6.61. The van der Waals surface area contributed by atoms with Crippen LogP contribution in [0.3, 0.4) is 0 Å². The number of carbonyl (C=O) groups is 2. The van der Waals surface area contributed by atoms with Crippen LogP contribution in [0, 0.1) is 0 Å². The zero-order valence-corrected chi connectivity index (χ0v) is 12.8. The molecule has 0 aromatic carbocycles. The van der Waals surface area contributed by atoms with Crippen LogP contribution < -0.4 is 0 Å². The zero-order valence-electron chi connectivity index (χ0n) is 12.8. The number of ketones is 2. The fourth-order valence-corrected chi connectivity index (χ4v) is 1.88. The van der Waals surface area contributed by atoms with E-state index in [9.17, 15) is 22.8 Å². The molecule has 1 aliphatic carbocycles. The van der Waals surface area contributed by atoms with Crippen LogP contribution in [0.2, 0.25) is 0 Å². The van der Waals surface area contributed by atoms with Gasteiger partial charge < -0.3 is 9.47 Å². The van der Waals surface area contributed by atoms with Gasteiger partial charge in [0.25, 0.3) is 0 Å². The normalized spacial score (nSPS) is 17.3. The zero-order chi connectivity index (χ0) is 17.1. The van der Waals surface area contributed by atoms with Crippen LogP contribution in [-0.4, -0.2) is 25.0 Å². The SMILES string of the molecule is CC/C(C)=C/CC1=C(C)C(=O)C(OC)=C(OC(F)(F)F)C1=O. The first kappa shape index (κ1) is 18.0. The lowest BCUT2D eigenvalue weighted by atomic mass is 9.90. The molecule has 0 saturated heterocycles. The number of Topliss-reactive ketones (excluding diaryl/α,β-unsaturated/α-hetero) is 2. The van der Waals surface area contributed by atoms with E-state index in [0.717, 1.165) is 19.1 Å². The third-order valence-electron chi connectivity index (χ3n) is 3.32. The highest BCUT2D eigenvalue weighted by Gasteiger charge is 2.41. The third-order valence-corrected chi connectivity index (χ3v) is 3.32. The molecule has 0 atom stereocenters. The van der Waals surface area contributed by atoms with Crippen LogP contribution in [0.15, 0.2) is 34.3 Å². The molecule has 0 aromatic rings. The van der Waals surface area contributed by atoms with Gasteiger partial charge in [-0.1, -0.05) is 18.6 Å². The van der Waals surface area contributed by atoms with E-state index in [1.165, 1.54) is 6.92 Å². The van der Waals surface area contributed by atoms with E-state index in [1.54, 1.807) is 6.08 Å². The Balaban J connectivity index is 3.25. The molecule has 0 N–H and O–H groups in total. The van der Waals surface area contributed by atoms with Crippen molar-refractivity contribution >= 4 is 11.6 Å². The Kier molecular flexibility index (Phi) is 5.57. The van der Waals surface area contributed by atoms with Gasteiger partial charge in [0.2, 0.25) is 23.1 Å². The molecule has 122 valence electrons. The van der Waals surface area contributed by atoms with Crippen LogP contribution >= 0.6 is 0 Å². The molecular weight excluding hydrogens is 301 g/mol. The monoisotopic (exact) mass is 318 g/mol. The molecule has 0 radical (unpaired) electrons. The van der Waals surface area contributed by atoms with Gasteiger partial charge in [0.15, 0.2) is 0 Å². The fourth-order valence-electron chi connectivity index (χ4n) is 1.88. The summed E-state index contributed by atoms with van der Waals surface area (Å²) in [5, 5.41) is 0. The average molecular weight is 318 g/mol. The van der Waals surface area contributed by atoms with Gasteiger partial charge in [-0.05, 0) is 26.7 Å². The topological polar surface area (TPSA) is 52.6 Å². The summed E-state index contributed by atoms with van der Waals surface area (Å²) in [4.78, 5) is 24.3. The van der Waals surface area contributed by atoms with Gasteiger partial charge >= 0.3 is 6.36 Å². The number of carbonyl (C=O) groups excluding carboxylic acids is 2. The van der Waals surface area contributed by atoms with Gasteiger partial charge in [-0.3, -0.25) is 9.59 Å². The summed E-state index contributed by atoms with van der Waals surface area (Å²) in [7, 11) is 1.01. The molecule has 0 aliphatic heterocycles. The third kappa shape index (κ3) is 3.99. The van der Waals surface area contributed by atoms with Crippen molar-refractivity contribution in [2.24, 2.45) is 0 Å². The van der Waals surface area contributed by atoms with Crippen LogP contribution in [0.4, 0.5) is 13.2 Å².